The molecule has 7 heteroatoms. The second-order valence-electron chi connectivity index (χ2n) is 5.12. The van der Waals surface area contributed by atoms with Crippen LogP contribution in [-0.4, -0.2) is 25.2 Å². The molecular weight excluding hydrogens is 315 g/mol. The molecule has 0 fully saturated rings. The van der Waals surface area contributed by atoms with Crippen molar-refractivity contribution in [1.82, 2.24) is 5.32 Å². The monoisotopic (exact) mass is 330 g/mol. The van der Waals surface area contributed by atoms with E-state index >= 15 is 0 Å². The molecule has 0 spiro atoms. The third kappa shape index (κ3) is 3.62. The van der Waals surface area contributed by atoms with E-state index in [-0.39, 0.29) is 19.2 Å². The minimum Gasteiger partial charge on any atom is -0.454 e. The molecular formula is C17H15FN2O4. The Morgan fingerprint density at radius 3 is 2.67 bits per heavy atom. The van der Waals surface area contributed by atoms with Crippen molar-refractivity contribution < 1.29 is 23.5 Å². The number of ether oxygens (including phenoxy) is 2. The average molecular weight is 330 g/mol. The van der Waals surface area contributed by atoms with Gasteiger partial charge >= 0.3 is 11.8 Å². The number of halogens is 1. The molecule has 6 nitrogen and oxygen atoms in total. The third-order valence-electron chi connectivity index (χ3n) is 3.47. The van der Waals surface area contributed by atoms with E-state index in [1.54, 1.807) is 36.4 Å². The predicted molar refractivity (Wildman–Crippen MR) is 84.3 cm³/mol. The molecule has 0 aromatic heterocycles. The van der Waals surface area contributed by atoms with E-state index in [0.29, 0.717) is 29.2 Å². The van der Waals surface area contributed by atoms with Gasteiger partial charge in [-0.25, -0.2) is 4.39 Å². The van der Waals surface area contributed by atoms with Gasteiger partial charge in [0.1, 0.15) is 5.82 Å². The van der Waals surface area contributed by atoms with Crippen LogP contribution in [0.25, 0.3) is 0 Å². The Labute approximate surface area is 137 Å². The first kappa shape index (κ1) is 15.8. The van der Waals surface area contributed by atoms with Gasteiger partial charge in [-0.2, -0.15) is 0 Å². The van der Waals surface area contributed by atoms with E-state index < -0.39 is 11.8 Å². The fourth-order valence-electron chi connectivity index (χ4n) is 2.25. The summed E-state index contributed by atoms with van der Waals surface area (Å²) in [4.78, 5) is 23.6. The number of fused-ring (bicyclic) bond motifs is 1. The molecule has 2 aromatic carbocycles. The molecule has 0 saturated carbocycles. The van der Waals surface area contributed by atoms with Gasteiger partial charge in [-0.05, 0) is 30.2 Å². The first-order valence-corrected chi connectivity index (χ1v) is 7.36. The average Bonchev–Trinajstić information content (AvgIpc) is 3.04. The molecule has 24 heavy (non-hydrogen) atoms. The van der Waals surface area contributed by atoms with Gasteiger partial charge in [-0.1, -0.05) is 18.2 Å². The van der Waals surface area contributed by atoms with Gasteiger partial charge in [0.15, 0.2) is 11.5 Å². The second kappa shape index (κ2) is 6.99. The Morgan fingerprint density at radius 2 is 1.83 bits per heavy atom. The smallest absolute Gasteiger partial charge is 0.313 e. The lowest BCUT2D eigenvalue weighted by Crippen LogP contribution is -2.36. The van der Waals surface area contributed by atoms with Crippen LogP contribution in [-0.2, 0) is 16.0 Å². The number of anilines is 1. The first-order chi connectivity index (χ1) is 11.6. The Balaban J connectivity index is 1.50. The molecule has 1 heterocycles. The summed E-state index contributed by atoms with van der Waals surface area (Å²) in [5.41, 5.74) is 0.905. The van der Waals surface area contributed by atoms with E-state index in [4.69, 9.17) is 9.47 Å². The summed E-state index contributed by atoms with van der Waals surface area (Å²) in [5.74, 6) is -0.835. The Bertz CT molecular complexity index is 779. The van der Waals surface area contributed by atoms with Crippen molar-refractivity contribution in [2.24, 2.45) is 0 Å². The van der Waals surface area contributed by atoms with Crippen molar-refractivity contribution in [3.8, 4) is 11.5 Å². The van der Waals surface area contributed by atoms with Crippen LogP contribution in [0.5, 0.6) is 11.5 Å². The first-order valence-electron chi connectivity index (χ1n) is 7.36. The van der Waals surface area contributed by atoms with E-state index in [1.807, 2.05) is 0 Å². The van der Waals surface area contributed by atoms with Crippen LogP contribution in [0.15, 0.2) is 42.5 Å². The fraction of sp³-hybridized carbons (Fsp3) is 0.176. The van der Waals surface area contributed by atoms with Gasteiger partial charge in [0.2, 0.25) is 6.79 Å². The lowest BCUT2D eigenvalue weighted by molar-refractivity contribution is -0.136. The fourth-order valence-corrected chi connectivity index (χ4v) is 2.25. The summed E-state index contributed by atoms with van der Waals surface area (Å²) >= 11 is 0. The number of rotatable bonds is 4. The number of nitrogens with one attached hydrogen (secondary N) is 2. The normalized spacial score (nSPS) is 11.9. The second-order valence-corrected chi connectivity index (χ2v) is 5.12. The molecule has 2 amide bonds. The quantitative estimate of drug-likeness (QED) is 0.839. The Hall–Kier alpha value is -3.09. The highest BCUT2D eigenvalue weighted by molar-refractivity contribution is 6.39. The van der Waals surface area contributed by atoms with Crippen LogP contribution < -0.4 is 20.1 Å². The van der Waals surface area contributed by atoms with Crippen LogP contribution in [0, 0.1) is 5.82 Å². The van der Waals surface area contributed by atoms with Crippen molar-refractivity contribution in [2.75, 3.05) is 18.7 Å². The Morgan fingerprint density at radius 1 is 1.04 bits per heavy atom. The summed E-state index contributed by atoms with van der Waals surface area (Å²) < 4.78 is 23.8. The van der Waals surface area contributed by atoms with Crippen molar-refractivity contribution in [3.05, 3.63) is 53.8 Å². The number of amides is 2. The number of carbonyl (C=O) groups is 2. The molecule has 3 rings (SSSR count). The van der Waals surface area contributed by atoms with Crippen LogP contribution in [0.3, 0.4) is 0 Å². The Kier molecular flexibility index (Phi) is 4.60. The SMILES string of the molecule is O=C(NCCc1ccccc1F)C(=O)Nc1ccc2c(c1)OCO2. The van der Waals surface area contributed by atoms with Crippen LogP contribution >= 0.6 is 0 Å². The molecule has 1 aliphatic heterocycles. The van der Waals surface area contributed by atoms with Crippen LogP contribution in [0.2, 0.25) is 0 Å². The van der Waals surface area contributed by atoms with E-state index in [9.17, 15) is 14.0 Å². The molecule has 0 aliphatic carbocycles. The summed E-state index contributed by atoms with van der Waals surface area (Å²) in [7, 11) is 0. The number of hydrogen-bond donors (Lipinski definition) is 2. The highest BCUT2D eigenvalue weighted by Gasteiger charge is 2.17. The van der Waals surface area contributed by atoms with Crippen molar-refractivity contribution in [3.63, 3.8) is 0 Å². The zero-order chi connectivity index (χ0) is 16.9. The zero-order valence-electron chi connectivity index (χ0n) is 12.7. The van der Waals surface area contributed by atoms with Gasteiger partial charge < -0.3 is 20.1 Å². The summed E-state index contributed by atoms with van der Waals surface area (Å²) in [6.07, 6.45) is 0.301. The maximum absolute atomic E-state index is 13.5. The molecule has 2 N–H and O–H groups in total. The molecule has 124 valence electrons. The lowest BCUT2D eigenvalue weighted by atomic mass is 10.1. The molecule has 0 atom stereocenters. The van der Waals surface area contributed by atoms with Crippen molar-refractivity contribution >= 4 is 17.5 Å². The van der Waals surface area contributed by atoms with Gasteiger partial charge in [0.25, 0.3) is 0 Å². The molecule has 2 aromatic rings. The van der Waals surface area contributed by atoms with Gasteiger partial charge in [-0.3, -0.25) is 9.59 Å². The molecule has 0 radical (unpaired) electrons. The molecule has 0 bridgehead atoms. The minimum absolute atomic E-state index is 0.128. The van der Waals surface area contributed by atoms with Crippen LogP contribution in [0.1, 0.15) is 5.56 Å². The van der Waals surface area contributed by atoms with E-state index in [2.05, 4.69) is 10.6 Å². The number of benzene rings is 2. The highest BCUT2D eigenvalue weighted by Crippen LogP contribution is 2.34. The topological polar surface area (TPSA) is 76.7 Å². The lowest BCUT2D eigenvalue weighted by Gasteiger charge is -2.07. The number of hydrogen-bond acceptors (Lipinski definition) is 4. The standard InChI is InChI=1S/C17H15FN2O4/c18-13-4-2-1-3-11(13)7-8-19-16(21)17(22)20-12-5-6-14-15(9-12)24-10-23-14/h1-6,9H,7-8,10H2,(H,19,21)(H,20,22). The molecule has 0 saturated heterocycles. The van der Waals surface area contributed by atoms with Crippen molar-refractivity contribution in [1.29, 1.82) is 0 Å². The summed E-state index contributed by atoms with van der Waals surface area (Å²) in [6, 6.07) is 11.1. The third-order valence-corrected chi connectivity index (χ3v) is 3.47. The van der Waals surface area contributed by atoms with E-state index in [0.717, 1.165) is 0 Å². The molecule has 1 aliphatic rings. The zero-order valence-corrected chi connectivity index (χ0v) is 12.7. The molecule has 0 unspecified atom stereocenters. The maximum Gasteiger partial charge on any atom is 0.313 e. The largest absolute Gasteiger partial charge is 0.454 e. The van der Waals surface area contributed by atoms with Gasteiger partial charge in [0, 0.05) is 18.3 Å². The van der Waals surface area contributed by atoms with Crippen molar-refractivity contribution in [2.45, 2.75) is 6.42 Å². The summed E-state index contributed by atoms with van der Waals surface area (Å²) in [5, 5.41) is 4.93. The van der Waals surface area contributed by atoms with E-state index in [1.165, 1.54) is 6.07 Å². The predicted octanol–water partition coefficient (Wildman–Crippen LogP) is 1.85. The maximum atomic E-state index is 13.5. The summed E-state index contributed by atoms with van der Waals surface area (Å²) in [6.45, 7) is 0.289. The minimum atomic E-state index is -0.803. The van der Waals surface area contributed by atoms with Gasteiger partial charge in [0.05, 0.1) is 0 Å². The van der Waals surface area contributed by atoms with Gasteiger partial charge in [-0.15, -0.1) is 0 Å². The number of carbonyl (C=O) groups excluding carboxylic acids is 2. The highest BCUT2D eigenvalue weighted by atomic mass is 19.1. The van der Waals surface area contributed by atoms with Crippen LogP contribution in [0.4, 0.5) is 10.1 Å².